The lowest BCUT2D eigenvalue weighted by Crippen LogP contribution is -2.43. The van der Waals surface area contributed by atoms with Crippen LogP contribution >= 0.6 is 0 Å². The topological polar surface area (TPSA) is 62.1 Å². The maximum Gasteiger partial charge on any atom is 0.227 e. The third-order valence-corrected chi connectivity index (χ3v) is 3.70. The number of hydrogen-bond donors (Lipinski definition) is 1. The number of likely N-dealkylation sites (tertiary alicyclic amines) is 1. The van der Waals surface area contributed by atoms with Crippen molar-refractivity contribution >= 4 is 11.6 Å². The van der Waals surface area contributed by atoms with Crippen molar-refractivity contribution in [2.24, 2.45) is 11.1 Å². The number of rotatable bonds is 3. The van der Waals surface area contributed by atoms with Crippen LogP contribution in [0.2, 0.25) is 0 Å². The van der Waals surface area contributed by atoms with Crippen LogP contribution in [0.3, 0.4) is 0 Å². The number of hydrogen-bond acceptors (Lipinski definition) is 4. The van der Waals surface area contributed by atoms with Crippen molar-refractivity contribution in [3.63, 3.8) is 0 Å². The number of piperidine rings is 1. The maximum absolute atomic E-state index is 12.3. The smallest absolute Gasteiger partial charge is 0.227 e. The van der Waals surface area contributed by atoms with Gasteiger partial charge < -0.3 is 14.8 Å². The van der Waals surface area contributed by atoms with E-state index in [1.165, 1.54) is 0 Å². The molecule has 0 aromatic heterocycles. The highest BCUT2D eigenvalue weighted by atomic mass is 16.5. The van der Waals surface area contributed by atoms with Crippen LogP contribution in [0.25, 0.3) is 0 Å². The Hall–Kier alpha value is -2.04. The number of carbonyl (C=O) groups excluding carboxylic acids is 1. The van der Waals surface area contributed by atoms with Crippen molar-refractivity contribution in [2.45, 2.75) is 19.8 Å². The van der Waals surface area contributed by atoms with Crippen molar-refractivity contribution in [3.05, 3.63) is 29.8 Å². The molecule has 1 aromatic carbocycles. The van der Waals surface area contributed by atoms with E-state index in [0.717, 1.165) is 17.0 Å². The second-order valence-corrected chi connectivity index (χ2v) is 5.11. The van der Waals surface area contributed by atoms with E-state index in [1.54, 1.807) is 7.11 Å². The normalized spacial score (nSPS) is 21.0. The fourth-order valence-electron chi connectivity index (χ4n) is 2.43. The highest BCUT2D eigenvalue weighted by molar-refractivity contribution is 5.89. The predicted molar refractivity (Wildman–Crippen MR) is 76.3 cm³/mol. The van der Waals surface area contributed by atoms with Crippen LogP contribution in [0.4, 0.5) is 0 Å². The Balaban J connectivity index is 1.94. The fraction of sp³-hybridized carbons (Fsp3) is 0.467. The number of oxime groups is 1. The molecule has 1 saturated heterocycles. The van der Waals surface area contributed by atoms with Crippen molar-refractivity contribution in [1.82, 2.24) is 4.90 Å². The zero-order valence-corrected chi connectivity index (χ0v) is 11.9. The zero-order valence-electron chi connectivity index (χ0n) is 11.9. The minimum absolute atomic E-state index is 0.110. The summed E-state index contributed by atoms with van der Waals surface area (Å²) in [5.74, 6) is 1.02. The lowest BCUT2D eigenvalue weighted by atomic mass is 9.97. The average molecular weight is 276 g/mol. The van der Waals surface area contributed by atoms with Crippen LogP contribution in [0, 0.1) is 5.92 Å². The molecule has 5 nitrogen and oxygen atoms in total. The molecule has 1 aromatic rings. The highest BCUT2D eigenvalue weighted by Gasteiger charge is 2.25. The molecule has 108 valence electrons. The first-order valence-corrected chi connectivity index (χ1v) is 6.75. The summed E-state index contributed by atoms with van der Waals surface area (Å²) in [5.41, 5.74) is 1.75. The van der Waals surface area contributed by atoms with Gasteiger partial charge in [-0.3, -0.25) is 4.79 Å². The Kier molecular flexibility index (Phi) is 4.61. The lowest BCUT2D eigenvalue weighted by molar-refractivity contribution is -0.131. The molecule has 20 heavy (non-hydrogen) atoms. The second-order valence-electron chi connectivity index (χ2n) is 5.11. The molecular formula is C15H20N2O3. The fourth-order valence-corrected chi connectivity index (χ4v) is 2.43. The van der Waals surface area contributed by atoms with Gasteiger partial charge in [-0.2, -0.15) is 0 Å². The Morgan fingerprint density at radius 3 is 2.70 bits per heavy atom. The van der Waals surface area contributed by atoms with E-state index in [1.807, 2.05) is 36.1 Å². The van der Waals surface area contributed by atoms with E-state index in [-0.39, 0.29) is 11.8 Å². The van der Waals surface area contributed by atoms with Gasteiger partial charge in [-0.25, -0.2) is 0 Å². The van der Waals surface area contributed by atoms with Crippen LogP contribution in [0.5, 0.6) is 5.75 Å². The summed E-state index contributed by atoms with van der Waals surface area (Å²) < 4.78 is 5.10. The molecule has 1 N–H and O–H groups in total. The van der Waals surface area contributed by atoms with E-state index in [9.17, 15) is 4.79 Å². The molecule has 0 radical (unpaired) electrons. The minimum Gasteiger partial charge on any atom is -0.497 e. The van der Waals surface area contributed by atoms with Gasteiger partial charge in [0.05, 0.1) is 19.2 Å². The lowest BCUT2D eigenvalue weighted by Gasteiger charge is -2.31. The van der Waals surface area contributed by atoms with E-state index in [0.29, 0.717) is 25.9 Å². The molecule has 1 heterocycles. The zero-order chi connectivity index (χ0) is 14.5. The molecule has 0 aliphatic carbocycles. The van der Waals surface area contributed by atoms with Crippen LogP contribution < -0.4 is 4.74 Å². The van der Waals surface area contributed by atoms with Crippen LogP contribution in [-0.4, -0.2) is 41.9 Å². The Morgan fingerprint density at radius 2 is 2.15 bits per heavy atom. The summed E-state index contributed by atoms with van der Waals surface area (Å²) >= 11 is 0. The molecule has 1 aliphatic heterocycles. The first-order valence-electron chi connectivity index (χ1n) is 6.75. The van der Waals surface area contributed by atoms with E-state index in [2.05, 4.69) is 5.16 Å². The molecule has 2 rings (SSSR count). The van der Waals surface area contributed by atoms with Crippen molar-refractivity contribution in [1.29, 1.82) is 0 Å². The van der Waals surface area contributed by atoms with Crippen molar-refractivity contribution in [2.75, 3.05) is 20.2 Å². The number of ether oxygens (including phenoxy) is 1. The quantitative estimate of drug-likeness (QED) is 0.678. The van der Waals surface area contributed by atoms with Crippen molar-refractivity contribution in [3.8, 4) is 5.75 Å². The van der Waals surface area contributed by atoms with Gasteiger partial charge in [0.2, 0.25) is 5.91 Å². The first-order chi connectivity index (χ1) is 9.63. The molecule has 1 amide bonds. The molecule has 1 unspecified atom stereocenters. The molecule has 0 spiro atoms. The van der Waals surface area contributed by atoms with Gasteiger partial charge in [0, 0.05) is 25.4 Å². The number of amides is 1. The van der Waals surface area contributed by atoms with Gasteiger partial charge in [-0.1, -0.05) is 24.2 Å². The summed E-state index contributed by atoms with van der Waals surface area (Å²) in [6.07, 6.45) is 1.04. The minimum atomic E-state index is 0.110. The maximum atomic E-state index is 12.3. The van der Waals surface area contributed by atoms with Crippen molar-refractivity contribution < 1.29 is 14.7 Å². The van der Waals surface area contributed by atoms with Gasteiger partial charge in [0.25, 0.3) is 0 Å². The Morgan fingerprint density at radius 1 is 1.45 bits per heavy atom. The number of benzene rings is 1. The van der Waals surface area contributed by atoms with Gasteiger partial charge in [-0.05, 0) is 17.7 Å². The van der Waals surface area contributed by atoms with E-state index < -0.39 is 0 Å². The molecule has 1 fully saturated rings. The second kappa shape index (κ2) is 6.41. The highest BCUT2D eigenvalue weighted by Crippen LogP contribution is 2.16. The summed E-state index contributed by atoms with van der Waals surface area (Å²) in [5, 5.41) is 12.1. The average Bonchev–Trinajstić information content (AvgIpc) is 2.48. The summed E-state index contributed by atoms with van der Waals surface area (Å²) in [6.45, 7) is 3.22. The predicted octanol–water partition coefficient (Wildman–Crippen LogP) is 1.94. The summed E-state index contributed by atoms with van der Waals surface area (Å²) in [7, 11) is 1.62. The van der Waals surface area contributed by atoms with Gasteiger partial charge >= 0.3 is 0 Å². The van der Waals surface area contributed by atoms with Crippen LogP contribution in [-0.2, 0) is 11.2 Å². The standard InChI is InChI=1S/C15H20N2O3/c1-11-10-17(8-7-14(11)16-19)15(18)9-12-3-5-13(20-2)6-4-12/h3-6,11,19H,7-10H2,1-2H3/b16-14-. The van der Waals surface area contributed by atoms with Gasteiger partial charge in [0.15, 0.2) is 0 Å². The monoisotopic (exact) mass is 276 g/mol. The van der Waals surface area contributed by atoms with E-state index in [4.69, 9.17) is 9.94 Å². The van der Waals surface area contributed by atoms with Gasteiger partial charge in [-0.15, -0.1) is 0 Å². The SMILES string of the molecule is COc1ccc(CC(=O)N2CC/C(=N/O)C(C)C2)cc1. The molecule has 5 heteroatoms. The van der Waals surface area contributed by atoms with E-state index >= 15 is 0 Å². The van der Waals surface area contributed by atoms with Gasteiger partial charge in [0.1, 0.15) is 5.75 Å². The van der Waals surface area contributed by atoms with Crippen LogP contribution in [0.1, 0.15) is 18.9 Å². The summed E-state index contributed by atoms with van der Waals surface area (Å²) in [6, 6.07) is 7.53. The Bertz CT molecular complexity index is 496. The molecular weight excluding hydrogens is 256 g/mol. The molecule has 1 atom stereocenters. The molecule has 0 saturated carbocycles. The number of methoxy groups -OCH3 is 1. The first kappa shape index (κ1) is 14.4. The van der Waals surface area contributed by atoms with Crippen LogP contribution in [0.15, 0.2) is 29.4 Å². The molecule has 1 aliphatic rings. The third-order valence-electron chi connectivity index (χ3n) is 3.70. The largest absolute Gasteiger partial charge is 0.497 e. The number of carbonyl (C=O) groups is 1. The third kappa shape index (κ3) is 3.29. The summed E-state index contributed by atoms with van der Waals surface area (Å²) in [4.78, 5) is 14.1. The molecule has 0 bridgehead atoms. The Labute approximate surface area is 118 Å². The number of nitrogens with zero attached hydrogens (tertiary/aromatic N) is 2.